The molecule has 0 saturated carbocycles. The van der Waals surface area contributed by atoms with E-state index < -0.39 is 0 Å². The van der Waals surface area contributed by atoms with E-state index in [1.165, 1.54) is 0 Å². The summed E-state index contributed by atoms with van der Waals surface area (Å²) in [6.45, 7) is 0.323. The van der Waals surface area contributed by atoms with E-state index in [1.54, 1.807) is 24.9 Å². The lowest BCUT2D eigenvalue weighted by Crippen LogP contribution is -2.23. The minimum atomic E-state index is 0.00134. The van der Waals surface area contributed by atoms with E-state index in [0.29, 0.717) is 35.7 Å². The summed E-state index contributed by atoms with van der Waals surface area (Å²) in [5, 5.41) is 5.46. The molecule has 0 N–H and O–H groups in total. The smallest absolute Gasteiger partial charge is 0.166 e. The number of ether oxygens (including phenoxy) is 2. The van der Waals surface area contributed by atoms with Crippen LogP contribution in [0.2, 0.25) is 5.02 Å². The second-order valence-electron chi connectivity index (χ2n) is 7.89. The fraction of sp³-hybridized carbons (Fsp3) is 0.240. The Hall–Kier alpha value is -3.22. The van der Waals surface area contributed by atoms with Gasteiger partial charge in [-0.25, -0.2) is 9.50 Å². The number of hydrogen-bond acceptors (Lipinski definition) is 5. The van der Waals surface area contributed by atoms with Crippen molar-refractivity contribution in [2.24, 2.45) is 0 Å². The van der Waals surface area contributed by atoms with Crippen LogP contribution < -0.4 is 4.74 Å². The number of hydrogen-bond donors (Lipinski definition) is 0. The molecule has 0 aliphatic heterocycles. The van der Waals surface area contributed by atoms with Crippen molar-refractivity contribution < 1.29 is 14.3 Å². The van der Waals surface area contributed by atoms with E-state index in [4.69, 9.17) is 26.2 Å². The zero-order valence-electron chi connectivity index (χ0n) is 17.8. The van der Waals surface area contributed by atoms with E-state index in [0.717, 1.165) is 33.8 Å². The van der Waals surface area contributed by atoms with Crippen LogP contribution in [0.4, 0.5) is 0 Å². The molecule has 4 aromatic rings. The normalized spacial score (nSPS) is 15.7. The van der Waals surface area contributed by atoms with Gasteiger partial charge in [0.25, 0.3) is 0 Å². The van der Waals surface area contributed by atoms with Gasteiger partial charge in [0.1, 0.15) is 5.75 Å². The Balaban J connectivity index is 1.69. The third-order valence-corrected chi connectivity index (χ3v) is 6.20. The molecule has 0 bridgehead atoms. The van der Waals surface area contributed by atoms with Crippen molar-refractivity contribution in [3.05, 3.63) is 82.3 Å². The van der Waals surface area contributed by atoms with Crippen LogP contribution in [-0.4, -0.2) is 34.6 Å². The molecule has 1 aliphatic rings. The highest BCUT2D eigenvalue weighted by atomic mass is 35.5. The van der Waals surface area contributed by atoms with Gasteiger partial charge in [0.2, 0.25) is 0 Å². The monoisotopic (exact) mass is 447 g/mol. The lowest BCUT2D eigenvalue weighted by atomic mass is 9.81. The third-order valence-electron chi connectivity index (χ3n) is 5.96. The Morgan fingerprint density at radius 1 is 1.12 bits per heavy atom. The fourth-order valence-electron chi connectivity index (χ4n) is 4.54. The van der Waals surface area contributed by atoms with Gasteiger partial charge in [-0.05, 0) is 35.7 Å². The zero-order chi connectivity index (χ0) is 22.2. The van der Waals surface area contributed by atoms with Crippen LogP contribution >= 0.6 is 11.6 Å². The first-order chi connectivity index (χ1) is 15.6. The highest BCUT2D eigenvalue weighted by Crippen LogP contribution is 2.38. The SMILES string of the molecule is COCc1nn2c3c(cnc2c1-c1cccc(Cl)c1)C(=O)CC(c1ccccc1OC)C3. The Kier molecular flexibility index (Phi) is 5.41. The van der Waals surface area contributed by atoms with Crippen molar-refractivity contribution in [2.75, 3.05) is 14.2 Å². The van der Waals surface area contributed by atoms with Crippen LogP contribution in [0, 0.1) is 0 Å². The number of nitrogens with zero attached hydrogens (tertiary/aromatic N) is 3. The summed E-state index contributed by atoms with van der Waals surface area (Å²) in [5.41, 5.74) is 5.72. The van der Waals surface area contributed by atoms with Gasteiger partial charge in [-0.15, -0.1) is 0 Å². The van der Waals surface area contributed by atoms with Gasteiger partial charge in [-0.1, -0.05) is 41.9 Å². The molecule has 6 nitrogen and oxygen atoms in total. The van der Waals surface area contributed by atoms with E-state index in [9.17, 15) is 4.79 Å². The van der Waals surface area contributed by atoms with E-state index in [-0.39, 0.29) is 11.7 Å². The summed E-state index contributed by atoms with van der Waals surface area (Å²) < 4.78 is 12.8. The van der Waals surface area contributed by atoms with Crippen molar-refractivity contribution in [1.82, 2.24) is 14.6 Å². The van der Waals surface area contributed by atoms with Gasteiger partial charge in [0.15, 0.2) is 11.4 Å². The minimum absolute atomic E-state index is 0.00134. The first-order valence-corrected chi connectivity index (χ1v) is 10.8. The van der Waals surface area contributed by atoms with Gasteiger partial charge in [-0.3, -0.25) is 4.79 Å². The maximum absolute atomic E-state index is 13.1. The molecule has 2 aromatic heterocycles. The van der Waals surface area contributed by atoms with Crippen molar-refractivity contribution in [1.29, 1.82) is 0 Å². The summed E-state index contributed by atoms with van der Waals surface area (Å²) in [6.07, 6.45) is 2.75. The van der Waals surface area contributed by atoms with Gasteiger partial charge < -0.3 is 9.47 Å². The molecule has 5 rings (SSSR count). The van der Waals surface area contributed by atoms with Crippen molar-refractivity contribution in [2.45, 2.75) is 25.4 Å². The molecule has 0 radical (unpaired) electrons. The number of Topliss-reactive ketones (excluding diaryl/α,β-unsaturated/α-hetero) is 1. The average Bonchev–Trinajstić information content (AvgIpc) is 3.17. The largest absolute Gasteiger partial charge is 0.496 e. The minimum Gasteiger partial charge on any atom is -0.496 e. The number of carbonyl (C=O) groups is 1. The number of methoxy groups -OCH3 is 2. The quantitative estimate of drug-likeness (QED) is 0.425. The van der Waals surface area contributed by atoms with Gasteiger partial charge in [0.05, 0.1) is 36.2 Å². The van der Waals surface area contributed by atoms with Crippen molar-refractivity contribution >= 4 is 23.0 Å². The number of para-hydroxylation sites is 1. The Labute approximate surface area is 190 Å². The maximum atomic E-state index is 13.1. The van der Waals surface area contributed by atoms with Gasteiger partial charge in [-0.2, -0.15) is 5.10 Å². The second-order valence-corrected chi connectivity index (χ2v) is 8.33. The molecule has 0 fully saturated rings. The molecule has 1 unspecified atom stereocenters. The van der Waals surface area contributed by atoms with Crippen LogP contribution in [0.3, 0.4) is 0 Å². The molecule has 32 heavy (non-hydrogen) atoms. The van der Waals surface area contributed by atoms with Crippen molar-refractivity contribution in [3.63, 3.8) is 0 Å². The summed E-state index contributed by atoms with van der Waals surface area (Å²) >= 11 is 6.26. The van der Waals surface area contributed by atoms with E-state index in [2.05, 4.69) is 4.98 Å². The molecule has 1 aliphatic carbocycles. The number of rotatable bonds is 5. The molecule has 2 heterocycles. The third kappa shape index (κ3) is 3.45. The number of carbonyl (C=O) groups excluding carboxylic acids is 1. The second kappa shape index (κ2) is 8.37. The lowest BCUT2D eigenvalue weighted by molar-refractivity contribution is 0.0961. The first-order valence-electron chi connectivity index (χ1n) is 10.4. The zero-order valence-corrected chi connectivity index (χ0v) is 18.6. The molecular formula is C25H22ClN3O3. The number of halogens is 1. The standard InChI is InChI=1S/C25H22ClN3O3/c1-31-14-20-24(15-6-5-7-17(26)10-15)25-27-13-19-21(29(25)28-20)11-16(12-22(19)30)18-8-3-4-9-23(18)32-2/h3-10,13,16H,11-12,14H2,1-2H3. The topological polar surface area (TPSA) is 65.7 Å². The predicted octanol–water partition coefficient (Wildman–Crippen LogP) is 5.12. The number of fused-ring (bicyclic) bond motifs is 3. The lowest BCUT2D eigenvalue weighted by Gasteiger charge is -2.25. The predicted molar refractivity (Wildman–Crippen MR) is 123 cm³/mol. The van der Waals surface area contributed by atoms with Gasteiger partial charge in [0, 0.05) is 30.7 Å². The summed E-state index contributed by atoms with van der Waals surface area (Å²) in [4.78, 5) is 17.7. The molecule has 0 spiro atoms. The molecule has 0 amide bonds. The van der Waals surface area contributed by atoms with Crippen LogP contribution in [0.5, 0.6) is 5.75 Å². The highest BCUT2D eigenvalue weighted by molar-refractivity contribution is 6.30. The average molecular weight is 448 g/mol. The Morgan fingerprint density at radius 2 is 1.97 bits per heavy atom. The molecule has 0 saturated heterocycles. The first kappa shape index (κ1) is 20.7. The van der Waals surface area contributed by atoms with E-state index >= 15 is 0 Å². The number of ketones is 1. The molecular weight excluding hydrogens is 426 g/mol. The number of benzene rings is 2. The van der Waals surface area contributed by atoms with Crippen molar-refractivity contribution in [3.8, 4) is 16.9 Å². The maximum Gasteiger partial charge on any atom is 0.166 e. The van der Waals surface area contributed by atoms with Crippen LogP contribution in [0.1, 0.15) is 39.6 Å². The van der Waals surface area contributed by atoms with Crippen LogP contribution in [-0.2, 0) is 17.8 Å². The molecule has 7 heteroatoms. The fourth-order valence-corrected chi connectivity index (χ4v) is 4.73. The van der Waals surface area contributed by atoms with E-state index in [1.807, 2.05) is 48.5 Å². The summed E-state index contributed by atoms with van der Waals surface area (Å²) in [6, 6.07) is 15.5. The Morgan fingerprint density at radius 3 is 2.75 bits per heavy atom. The number of aromatic nitrogens is 3. The summed E-state index contributed by atoms with van der Waals surface area (Å²) in [7, 11) is 3.29. The summed E-state index contributed by atoms with van der Waals surface area (Å²) in [5.74, 6) is 0.852. The van der Waals surface area contributed by atoms with Crippen LogP contribution in [0.15, 0.2) is 54.7 Å². The molecule has 2 aromatic carbocycles. The highest BCUT2D eigenvalue weighted by Gasteiger charge is 2.31. The van der Waals surface area contributed by atoms with Crippen LogP contribution in [0.25, 0.3) is 16.8 Å². The molecule has 1 atom stereocenters. The Bertz CT molecular complexity index is 1330. The molecule has 162 valence electrons. The van der Waals surface area contributed by atoms with Gasteiger partial charge >= 0.3 is 0 Å².